The number of halogens is 1. The Balaban J connectivity index is 1.86. The van der Waals surface area contributed by atoms with Gasteiger partial charge in [0.1, 0.15) is 6.54 Å². The first kappa shape index (κ1) is 16.4. The number of aryl methyl sites for hydroxylation is 2. The minimum atomic E-state index is -0.296. The number of nitrogens with zero attached hydrogens (tertiary/aromatic N) is 2. The molecule has 122 valence electrons. The molecule has 3 aromatic rings. The Morgan fingerprint density at radius 3 is 2.58 bits per heavy atom. The van der Waals surface area contributed by atoms with E-state index in [2.05, 4.69) is 26.3 Å². The van der Waals surface area contributed by atoms with E-state index in [-0.39, 0.29) is 18.0 Å². The fourth-order valence-corrected chi connectivity index (χ4v) is 2.90. The Bertz CT molecular complexity index is 995. The molecule has 1 aromatic heterocycles. The molecule has 2 aromatic carbocycles. The molecule has 1 amide bonds. The lowest BCUT2D eigenvalue weighted by molar-refractivity contribution is -0.117. The van der Waals surface area contributed by atoms with Crippen molar-refractivity contribution in [2.45, 2.75) is 20.4 Å². The van der Waals surface area contributed by atoms with Gasteiger partial charge in [0.25, 0.3) is 5.56 Å². The van der Waals surface area contributed by atoms with E-state index >= 15 is 0 Å². The van der Waals surface area contributed by atoms with Crippen LogP contribution in [-0.4, -0.2) is 15.7 Å². The van der Waals surface area contributed by atoms with Crippen LogP contribution < -0.4 is 10.9 Å². The number of benzene rings is 2. The zero-order chi connectivity index (χ0) is 17.3. The smallest absolute Gasteiger partial charge is 0.275 e. The van der Waals surface area contributed by atoms with Crippen LogP contribution in [0.15, 0.2) is 51.7 Å². The Labute approximate surface area is 147 Å². The van der Waals surface area contributed by atoms with Gasteiger partial charge in [-0.3, -0.25) is 9.59 Å². The summed E-state index contributed by atoms with van der Waals surface area (Å²) in [4.78, 5) is 24.7. The number of aromatic nitrogens is 2. The van der Waals surface area contributed by atoms with Gasteiger partial charge in [0.05, 0.1) is 11.1 Å². The van der Waals surface area contributed by atoms with Crippen molar-refractivity contribution in [3.63, 3.8) is 0 Å². The minimum absolute atomic E-state index is 0.129. The third kappa shape index (κ3) is 3.23. The summed E-state index contributed by atoms with van der Waals surface area (Å²) in [6.45, 7) is 3.67. The molecule has 24 heavy (non-hydrogen) atoms. The van der Waals surface area contributed by atoms with Crippen LogP contribution in [0.1, 0.15) is 11.3 Å². The van der Waals surface area contributed by atoms with Crippen LogP contribution in [0.4, 0.5) is 5.69 Å². The highest BCUT2D eigenvalue weighted by atomic mass is 79.9. The maximum absolute atomic E-state index is 12.5. The molecule has 0 spiro atoms. The molecular weight excluding hydrogens is 370 g/mol. The molecule has 0 saturated carbocycles. The van der Waals surface area contributed by atoms with Crippen LogP contribution in [0.2, 0.25) is 0 Å². The van der Waals surface area contributed by atoms with Crippen molar-refractivity contribution in [1.29, 1.82) is 0 Å². The highest BCUT2D eigenvalue weighted by Crippen LogP contribution is 2.20. The lowest BCUT2D eigenvalue weighted by Gasteiger charge is -2.10. The van der Waals surface area contributed by atoms with Crippen molar-refractivity contribution in [3.8, 4) is 0 Å². The zero-order valence-electron chi connectivity index (χ0n) is 13.3. The lowest BCUT2D eigenvalue weighted by atomic mass is 10.1. The third-order valence-corrected chi connectivity index (χ3v) is 4.66. The summed E-state index contributed by atoms with van der Waals surface area (Å²) in [5.41, 5.74) is 2.20. The van der Waals surface area contributed by atoms with Gasteiger partial charge in [0, 0.05) is 15.5 Å². The summed E-state index contributed by atoms with van der Waals surface area (Å²) in [5.74, 6) is -0.296. The minimum Gasteiger partial charge on any atom is -0.324 e. The maximum atomic E-state index is 12.5. The van der Waals surface area contributed by atoms with Gasteiger partial charge in [-0.25, -0.2) is 4.68 Å². The van der Waals surface area contributed by atoms with Crippen molar-refractivity contribution in [3.05, 3.63) is 68.5 Å². The first-order valence-corrected chi connectivity index (χ1v) is 8.27. The van der Waals surface area contributed by atoms with E-state index in [0.29, 0.717) is 11.1 Å². The first-order chi connectivity index (χ1) is 11.5. The van der Waals surface area contributed by atoms with Crippen molar-refractivity contribution in [2.24, 2.45) is 0 Å². The zero-order valence-corrected chi connectivity index (χ0v) is 14.9. The molecule has 0 atom stereocenters. The quantitative estimate of drug-likeness (QED) is 0.751. The van der Waals surface area contributed by atoms with Crippen molar-refractivity contribution in [2.75, 3.05) is 5.32 Å². The first-order valence-electron chi connectivity index (χ1n) is 7.48. The van der Waals surface area contributed by atoms with Gasteiger partial charge in [-0.1, -0.05) is 40.2 Å². The monoisotopic (exact) mass is 385 g/mol. The van der Waals surface area contributed by atoms with Gasteiger partial charge in [0.15, 0.2) is 0 Å². The van der Waals surface area contributed by atoms with Gasteiger partial charge < -0.3 is 5.32 Å². The predicted molar refractivity (Wildman–Crippen MR) is 98.2 cm³/mol. The Morgan fingerprint density at radius 2 is 1.88 bits per heavy atom. The number of hydrogen-bond acceptors (Lipinski definition) is 3. The number of carbonyl (C=O) groups excluding carboxylic acids is 1. The van der Waals surface area contributed by atoms with Crippen LogP contribution in [-0.2, 0) is 11.3 Å². The molecule has 1 heterocycles. The van der Waals surface area contributed by atoms with E-state index in [1.165, 1.54) is 4.68 Å². The Hall–Kier alpha value is -2.47. The standard InChI is InChI=1S/C18H16BrN3O2/c1-11-7-8-13(9-16(11)19)20-17(23)10-22-18(24)15-6-4-3-5-14(15)12(2)21-22/h3-9H,10H2,1-2H3,(H,20,23). The van der Waals surface area contributed by atoms with E-state index < -0.39 is 0 Å². The Kier molecular flexibility index (Phi) is 4.49. The third-order valence-electron chi connectivity index (χ3n) is 3.80. The second-order valence-corrected chi connectivity index (χ2v) is 6.46. The molecule has 0 aliphatic heterocycles. The summed E-state index contributed by atoms with van der Waals surface area (Å²) < 4.78 is 2.12. The molecular formula is C18H16BrN3O2. The molecule has 1 N–H and O–H groups in total. The van der Waals surface area contributed by atoms with Crippen molar-refractivity contribution < 1.29 is 4.79 Å². The van der Waals surface area contributed by atoms with Gasteiger partial charge in [0.2, 0.25) is 5.91 Å². The average Bonchev–Trinajstić information content (AvgIpc) is 2.56. The molecule has 0 aliphatic rings. The van der Waals surface area contributed by atoms with E-state index in [1.54, 1.807) is 12.1 Å². The molecule has 6 heteroatoms. The predicted octanol–water partition coefficient (Wildman–Crippen LogP) is 3.41. The summed E-state index contributed by atoms with van der Waals surface area (Å²) >= 11 is 3.43. The SMILES string of the molecule is Cc1ccc(NC(=O)Cn2nc(C)c3ccccc3c2=O)cc1Br. The van der Waals surface area contributed by atoms with E-state index in [1.807, 2.05) is 44.2 Å². The highest BCUT2D eigenvalue weighted by Gasteiger charge is 2.11. The highest BCUT2D eigenvalue weighted by molar-refractivity contribution is 9.10. The summed E-state index contributed by atoms with van der Waals surface area (Å²) in [5, 5.41) is 8.41. The molecule has 0 saturated heterocycles. The van der Waals surface area contributed by atoms with Crippen LogP contribution in [0.3, 0.4) is 0 Å². The average molecular weight is 386 g/mol. The van der Waals surface area contributed by atoms with E-state index in [4.69, 9.17) is 0 Å². The Morgan fingerprint density at radius 1 is 1.17 bits per heavy atom. The fraction of sp³-hybridized carbons (Fsp3) is 0.167. The summed E-state index contributed by atoms with van der Waals surface area (Å²) in [6.07, 6.45) is 0. The van der Waals surface area contributed by atoms with Gasteiger partial charge >= 0.3 is 0 Å². The van der Waals surface area contributed by atoms with Crippen LogP contribution in [0, 0.1) is 13.8 Å². The molecule has 0 fully saturated rings. The lowest BCUT2D eigenvalue weighted by Crippen LogP contribution is -2.30. The number of fused-ring (bicyclic) bond motifs is 1. The number of carbonyl (C=O) groups is 1. The second kappa shape index (κ2) is 6.57. The van der Waals surface area contributed by atoms with Crippen LogP contribution >= 0.6 is 15.9 Å². The van der Waals surface area contributed by atoms with Gasteiger partial charge in [-0.2, -0.15) is 5.10 Å². The summed E-state index contributed by atoms with van der Waals surface area (Å²) in [7, 11) is 0. The molecule has 3 rings (SSSR count). The van der Waals surface area contributed by atoms with Crippen LogP contribution in [0.5, 0.6) is 0 Å². The fourth-order valence-electron chi connectivity index (χ4n) is 2.52. The molecule has 0 unspecified atom stereocenters. The molecule has 0 bridgehead atoms. The second-order valence-electron chi connectivity index (χ2n) is 5.61. The van der Waals surface area contributed by atoms with E-state index in [0.717, 1.165) is 21.1 Å². The summed E-state index contributed by atoms with van der Waals surface area (Å²) in [6, 6.07) is 12.8. The maximum Gasteiger partial charge on any atom is 0.275 e. The van der Waals surface area contributed by atoms with Crippen molar-refractivity contribution >= 4 is 38.3 Å². The topological polar surface area (TPSA) is 64.0 Å². The molecule has 5 nitrogen and oxygen atoms in total. The van der Waals surface area contributed by atoms with E-state index in [9.17, 15) is 9.59 Å². The largest absolute Gasteiger partial charge is 0.324 e. The number of amides is 1. The van der Waals surface area contributed by atoms with Crippen molar-refractivity contribution in [1.82, 2.24) is 9.78 Å². The van der Waals surface area contributed by atoms with Crippen LogP contribution in [0.25, 0.3) is 10.8 Å². The number of nitrogens with one attached hydrogen (secondary N) is 1. The molecule has 0 aliphatic carbocycles. The number of rotatable bonds is 3. The number of anilines is 1. The number of hydrogen-bond donors (Lipinski definition) is 1. The normalized spacial score (nSPS) is 10.8. The molecule has 0 radical (unpaired) electrons. The van der Waals surface area contributed by atoms with Gasteiger partial charge in [-0.15, -0.1) is 0 Å². The van der Waals surface area contributed by atoms with Gasteiger partial charge in [-0.05, 0) is 37.6 Å².